The number of likely N-dealkylation sites (tertiary alicyclic amines) is 1. The van der Waals surface area contributed by atoms with Crippen molar-refractivity contribution in [3.8, 4) is 0 Å². The van der Waals surface area contributed by atoms with Crippen molar-refractivity contribution in [1.29, 1.82) is 0 Å². The lowest BCUT2D eigenvalue weighted by Gasteiger charge is -2.16. The van der Waals surface area contributed by atoms with Crippen LogP contribution in [0.5, 0.6) is 0 Å². The smallest absolute Gasteiger partial charge is 0.252 e. The van der Waals surface area contributed by atoms with Gasteiger partial charge in [-0.25, -0.2) is 0 Å². The van der Waals surface area contributed by atoms with Crippen molar-refractivity contribution in [2.45, 2.75) is 32.7 Å². The number of aryl methyl sites for hydroxylation is 1. The van der Waals surface area contributed by atoms with E-state index in [2.05, 4.69) is 21.2 Å². The van der Waals surface area contributed by atoms with E-state index in [1.807, 2.05) is 32.0 Å². The molecule has 0 radical (unpaired) electrons. The molecule has 1 aliphatic rings. The molecule has 5 heteroatoms. The Morgan fingerprint density at radius 3 is 2.79 bits per heavy atom. The summed E-state index contributed by atoms with van der Waals surface area (Å²) in [5, 5.41) is 3.15. The van der Waals surface area contributed by atoms with Gasteiger partial charge in [-0.15, -0.1) is 0 Å². The lowest BCUT2D eigenvalue weighted by atomic mass is 10.2. The second-order valence-corrected chi connectivity index (χ2v) is 5.62. The zero-order valence-electron chi connectivity index (χ0n) is 11.1. The molecule has 1 atom stereocenters. The van der Waals surface area contributed by atoms with Crippen molar-refractivity contribution >= 4 is 33.4 Å². The summed E-state index contributed by atoms with van der Waals surface area (Å²) in [6.07, 6.45) is 1.03. The summed E-state index contributed by atoms with van der Waals surface area (Å²) in [6.45, 7) is 4.46. The minimum atomic E-state index is -0.446. The summed E-state index contributed by atoms with van der Waals surface area (Å²) in [4.78, 5) is 25.2. The quantitative estimate of drug-likeness (QED) is 0.866. The molecule has 1 heterocycles. The highest BCUT2D eigenvalue weighted by molar-refractivity contribution is 9.10. The fraction of sp³-hybridized carbons (Fsp3) is 0.429. The van der Waals surface area contributed by atoms with Crippen LogP contribution in [0.25, 0.3) is 0 Å². The Morgan fingerprint density at radius 1 is 1.42 bits per heavy atom. The van der Waals surface area contributed by atoms with Gasteiger partial charge < -0.3 is 5.32 Å². The van der Waals surface area contributed by atoms with Gasteiger partial charge >= 0.3 is 0 Å². The molecule has 1 aromatic carbocycles. The standard InChI is InChI=1S/C14H17BrN2O2/c1-3-6-17-13(18)8-12(14(17)19)16-11-5-4-9(2)7-10(11)15/h4-5,7,12,16H,3,6,8H2,1-2H3. The Bertz CT molecular complexity index is 516. The van der Waals surface area contributed by atoms with E-state index >= 15 is 0 Å². The van der Waals surface area contributed by atoms with E-state index in [1.54, 1.807) is 0 Å². The predicted octanol–water partition coefficient (Wildman–Crippen LogP) is 2.71. The van der Waals surface area contributed by atoms with Crippen LogP contribution in [0.15, 0.2) is 22.7 Å². The summed E-state index contributed by atoms with van der Waals surface area (Å²) in [5.74, 6) is -0.216. The molecule has 0 bridgehead atoms. The molecule has 4 nitrogen and oxygen atoms in total. The van der Waals surface area contributed by atoms with E-state index in [1.165, 1.54) is 4.90 Å². The number of nitrogens with zero attached hydrogens (tertiary/aromatic N) is 1. The SMILES string of the molecule is CCCN1C(=O)CC(Nc2ccc(C)cc2Br)C1=O. The minimum Gasteiger partial charge on any atom is -0.372 e. The van der Waals surface area contributed by atoms with Crippen LogP contribution >= 0.6 is 15.9 Å². The number of rotatable bonds is 4. The van der Waals surface area contributed by atoms with Crippen molar-refractivity contribution < 1.29 is 9.59 Å². The maximum atomic E-state index is 12.1. The molecule has 0 spiro atoms. The summed E-state index contributed by atoms with van der Waals surface area (Å²) < 4.78 is 0.904. The molecule has 0 aromatic heterocycles. The highest BCUT2D eigenvalue weighted by Gasteiger charge is 2.37. The zero-order chi connectivity index (χ0) is 14.0. The lowest BCUT2D eigenvalue weighted by Crippen LogP contribution is -2.35. The zero-order valence-corrected chi connectivity index (χ0v) is 12.7. The number of amides is 2. The Balaban J connectivity index is 2.12. The van der Waals surface area contributed by atoms with E-state index in [-0.39, 0.29) is 18.2 Å². The van der Waals surface area contributed by atoms with Crippen molar-refractivity contribution in [2.75, 3.05) is 11.9 Å². The van der Waals surface area contributed by atoms with Crippen LogP contribution in [0.3, 0.4) is 0 Å². The molecule has 0 aliphatic carbocycles. The molecule has 19 heavy (non-hydrogen) atoms. The lowest BCUT2D eigenvalue weighted by molar-refractivity contribution is -0.138. The maximum absolute atomic E-state index is 12.1. The Morgan fingerprint density at radius 2 is 2.16 bits per heavy atom. The maximum Gasteiger partial charge on any atom is 0.252 e. The van der Waals surface area contributed by atoms with Gasteiger partial charge in [0.05, 0.1) is 6.42 Å². The second-order valence-electron chi connectivity index (χ2n) is 4.77. The minimum absolute atomic E-state index is 0.0902. The van der Waals surface area contributed by atoms with Crippen LogP contribution in [0.2, 0.25) is 0 Å². The Labute approximate surface area is 121 Å². The average molecular weight is 325 g/mol. The molecule has 2 amide bonds. The van der Waals surface area contributed by atoms with Gasteiger partial charge in [-0.3, -0.25) is 14.5 Å². The van der Waals surface area contributed by atoms with Gasteiger partial charge in [-0.2, -0.15) is 0 Å². The molecule has 1 unspecified atom stereocenters. The second kappa shape index (κ2) is 5.74. The highest BCUT2D eigenvalue weighted by Crippen LogP contribution is 2.26. The molecule has 2 rings (SSSR count). The number of halogens is 1. The van der Waals surface area contributed by atoms with Gasteiger partial charge in [0.1, 0.15) is 6.04 Å². The van der Waals surface area contributed by atoms with Gasteiger partial charge in [-0.05, 0) is 47.0 Å². The van der Waals surface area contributed by atoms with Gasteiger partial charge in [0, 0.05) is 16.7 Å². The fourth-order valence-corrected chi connectivity index (χ4v) is 2.79. The van der Waals surface area contributed by atoms with Crippen molar-refractivity contribution in [3.63, 3.8) is 0 Å². The first-order chi connectivity index (χ1) is 9.02. The van der Waals surface area contributed by atoms with Gasteiger partial charge in [-0.1, -0.05) is 13.0 Å². The van der Waals surface area contributed by atoms with Crippen LogP contribution < -0.4 is 5.32 Å². The van der Waals surface area contributed by atoms with E-state index < -0.39 is 6.04 Å². The van der Waals surface area contributed by atoms with Crippen LogP contribution in [0.4, 0.5) is 5.69 Å². The summed E-state index contributed by atoms with van der Waals surface area (Å²) in [5.41, 5.74) is 1.98. The van der Waals surface area contributed by atoms with Crippen LogP contribution in [0, 0.1) is 6.92 Å². The third-order valence-electron chi connectivity index (χ3n) is 3.15. The Kier molecular flexibility index (Phi) is 4.24. The van der Waals surface area contributed by atoms with Crippen molar-refractivity contribution in [3.05, 3.63) is 28.2 Å². The van der Waals surface area contributed by atoms with E-state index in [0.29, 0.717) is 6.54 Å². The molecular formula is C14H17BrN2O2. The molecule has 1 fully saturated rings. The molecule has 102 valence electrons. The predicted molar refractivity (Wildman–Crippen MR) is 77.9 cm³/mol. The number of nitrogens with one attached hydrogen (secondary N) is 1. The third kappa shape index (κ3) is 2.97. The number of benzene rings is 1. The van der Waals surface area contributed by atoms with Crippen molar-refractivity contribution in [1.82, 2.24) is 4.90 Å². The van der Waals surface area contributed by atoms with E-state index in [0.717, 1.165) is 22.1 Å². The summed E-state index contributed by atoms with van der Waals surface area (Å²) >= 11 is 3.46. The molecular weight excluding hydrogens is 308 g/mol. The molecule has 1 saturated heterocycles. The fourth-order valence-electron chi connectivity index (χ4n) is 2.18. The third-order valence-corrected chi connectivity index (χ3v) is 3.80. The van der Waals surface area contributed by atoms with Gasteiger partial charge in [0.2, 0.25) is 5.91 Å². The van der Waals surface area contributed by atoms with Crippen molar-refractivity contribution in [2.24, 2.45) is 0 Å². The summed E-state index contributed by atoms with van der Waals surface area (Å²) in [6, 6.07) is 5.42. The highest BCUT2D eigenvalue weighted by atomic mass is 79.9. The first kappa shape index (κ1) is 14.1. The Hall–Kier alpha value is -1.36. The molecule has 1 aliphatic heterocycles. The van der Waals surface area contributed by atoms with E-state index in [4.69, 9.17) is 0 Å². The number of hydrogen-bond donors (Lipinski definition) is 1. The summed E-state index contributed by atoms with van der Waals surface area (Å²) in [7, 11) is 0. The van der Waals surface area contributed by atoms with Crippen LogP contribution in [-0.2, 0) is 9.59 Å². The van der Waals surface area contributed by atoms with Crippen LogP contribution in [-0.4, -0.2) is 29.3 Å². The topological polar surface area (TPSA) is 49.4 Å². The number of carbonyl (C=O) groups is 2. The van der Waals surface area contributed by atoms with Crippen LogP contribution in [0.1, 0.15) is 25.3 Å². The first-order valence-corrected chi connectivity index (χ1v) is 7.19. The number of carbonyl (C=O) groups excluding carboxylic acids is 2. The average Bonchev–Trinajstić information content (AvgIpc) is 2.61. The van der Waals surface area contributed by atoms with E-state index in [9.17, 15) is 9.59 Å². The monoisotopic (exact) mass is 324 g/mol. The molecule has 0 saturated carbocycles. The largest absolute Gasteiger partial charge is 0.372 e. The van der Waals surface area contributed by atoms with Gasteiger partial charge in [0.15, 0.2) is 0 Å². The number of imide groups is 1. The molecule has 1 aromatic rings. The van der Waals surface area contributed by atoms with Gasteiger partial charge in [0.25, 0.3) is 5.91 Å². The number of anilines is 1. The molecule has 1 N–H and O–H groups in total. The normalized spacial score (nSPS) is 19.1. The first-order valence-electron chi connectivity index (χ1n) is 6.39. The number of hydrogen-bond acceptors (Lipinski definition) is 3.